The number of rotatable bonds is 6. The summed E-state index contributed by atoms with van der Waals surface area (Å²) in [7, 11) is 1.74. The number of hydrogen-bond donors (Lipinski definition) is 1. The number of likely N-dealkylation sites (tertiary alicyclic amines) is 1. The minimum atomic E-state index is 0.0658. The molecule has 0 aromatic carbocycles. The number of methoxy groups -OCH3 is 1. The Morgan fingerprint density at radius 1 is 1.28 bits per heavy atom. The zero-order chi connectivity index (χ0) is 17.5. The smallest absolute Gasteiger partial charge is 0.317 e. The van der Waals surface area contributed by atoms with Crippen molar-refractivity contribution in [1.29, 1.82) is 0 Å². The van der Waals surface area contributed by atoms with E-state index in [2.05, 4.69) is 20.1 Å². The third-order valence-corrected chi connectivity index (χ3v) is 5.06. The van der Waals surface area contributed by atoms with Crippen molar-refractivity contribution >= 4 is 11.8 Å². The van der Waals surface area contributed by atoms with Gasteiger partial charge in [-0.05, 0) is 31.0 Å². The van der Waals surface area contributed by atoms with Crippen LogP contribution in [0.1, 0.15) is 6.42 Å². The second-order valence-corrected chi connectivity index (χ2v) is 6.80. The van der Waals surface area contributed by atoms with Crippen LogP contribution in [0.3, 0.4) is 0 Å². The number of nitrogens with zero attached hydrogens (tertiary/aromatic N) is 4. The Hall–Kier alpha value is -1.86. The Morgan fingerprint density at radius 3 is 2.84 bits per heavy atom. The maximum absolute atomic E-state index is 12.4. The number of hydrogen-bond acceptors (Lipinski definition) is 5. The van der Waals surface area contributed by atoms with Crippen LogP contribution in [-0.4, -0.2) is 86.9 Å². The molecule has 1 unspecified atom stereocenters. The van der Waals surface area contributed by atoms with E-state index < -0.39 is 0 Å². The van der Waals surface area contributed by atoms with Gasteiger partial charge in [0.1, 0.15) is 5.82 Å². The standard InChI is InChI=1S/C18H29N5O2/c1-25-13-12-21-7-5-16(15-21)14-20-18(24)23-10-8-22(9-11-23)17-4-2-3-6-19-17/h2-4,6,16H,5,7-15H2,1H3,(H,20,24). The van der Waals surface area contributed by atoms with Crippen molar-refractivity contribution in [3.8, 4) is 0 Å². The Bertz CT molecular complexity index is 534. The van der Waals surface area contributed by atoms with Gasteiger partial charge >= 0.3 is 6.03 Å². The van der Waals surface area contributed by atoms with E-state index in [1.165, 1.54) is 0 Å². The average Bonchev–Trinajstić information content (AvgIpc) is 3.13. The van der Waals surface area contributed by atoms with E-state index in [9.17, 15) is 4.79 Å². The van der Waals surface area contributed by atoms with Gasteiger partial charge in [0.15, 0.2) is 0 Å². The van der Waals surface area contributed by atoms with E-state index in [-0.39, 0.29) is 6.03 Å². The van der Waals surface area contributed by atoms with Crippen molar-refractivity contribution < 1.29 is 9.53 Å². The van der Waals surface area contributed by atoms with Crippen molar-refractivity contribution in [2.75, 3.05) is 71.0 Å². The van der Waals surface area contributed by atoms with E-state index >= 15 is 0 Å². The fourth-order valence-corrected chi connectivity index (χ4v) is 3.53. The molecule has 0 radical (unpaired) electrons. The third-order valence-electron chi connectivity index (χ3n) is 5.06. The molecule has 25 heavy (non-hydrogen) atoms. The van der Waals surface area contributed by atoms with Gasteiger partial charge in [0.25, 0.3) is 0 Å². The van der Waals surface area contributed by atoms with Gasteiger partial charge in [-0.1, -0.05) is 6.07 Å². The first-order valence-corrected chi connectivity index (χ1v) is 9.16. The first-order chi connectivity index (χ1) is 12.3. The van der Waals surface area contributed by atoms with E-state index in [0.717, 1.165) is 71.2 Å². The topological polar surface area (TPSA) is 60.9 Å². The number of pyridine rings is 1. The number of carbonyl (C=O) groups excluding carboxylic acids is 1. The molecule has 3 rings (SSSR count). The summed E-state index contributed by atoms with van der Waals surface area (Å²) >= 11 is 0. The summed E-state index contributed by atoms with van der Waals surface area (Å²) in [5.41, 5.74) is 0. The van der Waals surface area contributed by atoms with Gasteiger partial charge in [-0.25, -0.2) is 9.78 Å². The van der Waals surface area contributed by atoms with Crippen molar-refractivity contribution in [3.63, 3.8) is 0 Å². The van der Waals surface area contributed by atoms with Gasteiger partial charge in [0, 0.05) is 59.1 Å². The maximum Gasteiger partial charge on any atom is 0.317 e. The Kier molecular flexibility index (Phi) is 6.47. The predicted molar refractivity (Wildman–Crippen MR) is 97.8 cm³/mol. The van der Waals surface area contributed by atoms with Crippen LogP contribution < -0.4 is 10.2 Å². The lowest BCUT2D eigenvalue weighted by molar-refractivity contribution is 0.158. The van der Waals surface area contributed by atoms with E-state index in [0.29, 0.717) is 5.92 Å². The SMILES string of the molecule is COCCN1CCC(CNC(=O)N2CCN(c3ccccn3)CC2)C1. The molecule has 1 aromatic rings. The highest BCUT2D eigenvalue weighted by molar-refractivity contribution is 5.74. The second-order valence-electron chi connectivity index (χ2n) is 6.80. The molecule has 2 amide bonds. The molecule has 0 aliphatic carbocycles. The van der Waals surface area contributed by atoms with Gasteiger partial charge in [0.05, 0.1) is 6.61 Å². The summed E-state index contributed by atoms with van der Waals surface area (Å²) in [6, 6.07) is 6.01. The number of urea groups is 1. The molecular formula is C18H29N5O2. The Balaban J connectivity index is 1.36. The number of aromatic nitrogens is 1. The summed E-state index contributed by atoms with van der Waals surface area (Å²) < 4.78 is 5.13. The second kappa shape index (κ2) is 9.01. The largest absolute Gasteiger partial charge is 0.383 e. The van der Waals surface area contributed by atoms with Gasteiger partial charge in [0.2, 0.25) is 0 Å². The molecule has 138 valence electrons. The molecule has 2 fully saturated rings. The van der Waals surface area contributed by atoms with Gasteiger partial charge in [-0.15, -0.1) is 0 Å². The van der Waals surface area contributed by atoms with Crippen molar-refractivity contribution in [3.05, 3.63) is 24.4 Å². The van der Waals surface area contributed by atoms with Crippen molar-refractivity contribution in [2.24, 2.45) is 5.92 Å². The summed E-state index contributed by atoms with van der Waals surface area (Å²) in [4.78, 5) is 23.3. The quantitative estimate of drug-likeness (QED) is 0.828. The molecule has 2 aliphatic rings. The van der Waals surface area contributed by atoms with Crippen molar-refractivity contribution in [2.45, 2.75) is 6.42 Å². The monoisotopic (exact) mass is 347 g/mol. The number of anilines is 1. The van der Waals surface area contributed by atoms with Gasteiger partial charge < -0.3 is 24.8 Å². The molecule has 1 N–H and O–H groups in total. The maximum atomic E-state index is 12.4. The number of amides is 2. The van der Waals surface area contributed by atoms with Crippen molar-refractivity contribution in [1.82, 2.24) is 20.1 Å². The molecular weight excluding hydrogens is 318 g/mol. The Labute approximate surface area is 149 Å². The number of piperazine rings is 1. The van der Waals surface area contributed by atoms with E-state index in [1.54, 1.807) is 7.11 Å². The van der Waals surface area contributed by atoms with Crippen LogP contribution in [0.5, 0.6) is 0 Å². The van der Waals surface area contributed by atoms with Crippen LogP contribution in [0.4, 0.5) is 10.6 Å². The molecule has 1 atom stereocenters. The fourth-order valence-electron chi connectivity index (χ4n) is 3.53. The Morgan fingerprint density at radius 2 is 2.12 bits per heavy atom. The van der Waals surface area contributed by atoms with Crippen LogP contribution >= 0.6 is 0 Å². The highest BCUT2D eigenvalue weighted by Gasteiger charge is 2.25. The van der Waals surface area contributed by atoms with Crippen LogP contribution in [-0.2, 0) is 4.74 Å². The van der Waals surface area contributed by atoms with Crippen LogP contribution in [0.25, 0.3) is 0 Å². The minimum Gasteiger partial charge on any atom is -0.383 e. The number of ether oxygens (including phenoxy) is 1. The fraction of sp³-hybridized carbons (Fsp3) is 0.667. The molecule has 1 aromatic heterocycles. The van der Waals surface area contributed by atoms with Crippen LogP contribution in [0.2, 0.25) is 0 Å². The minimum absolute atomic E-state index is 0.0658. The zero-order valence-electron chi connectivity index (χ0n) is 15.1. The molecule has 3 heterocycles. The van der Waals surface area contributed by atoms with Crippen LogP contribution in [0, 0.1) is 5.92 Å². The summed E-state index contributed by atoms with van der Waals surface area (Å²) in [5.74, 6) is 1.54. The average molecular weight is 347 g/mol. The lowest BCUT2D eigenvalue weighted by Crippen LogP contribution is -2.52. The third kappa shape index (κ3) is 5.06. The molecule has 0 bridgehead atoms. The lowest BCUT2D eigenvalue weighted by Gasteiger charge is -2.35. The summed E-state index contributed by atoms with van der Waals surface area (Å²) in [6.45, 7) is 7.83. The molecule has 2 saturated heterocycles. The van der Waals surface area contributed by atoms with Crippen LogP contribution in [0.15, 0.2) is 24.4 Å². The van der Waals surface area contributed by atoms with E-state index in [1.807, 2.05) is 29.3 Å². The molecule has 0 saturated carbocycles. The normalized spacial score (nSPS) is 21.6. The first-order valence-electron chi connectivity index (χ1n) is 9.16. The zero-order valence-corrected chi connectivity index (χ0v) is 15.1. The molecule has 7 nitrogen and oxygen atoms in total. The highest BCUT2D eigenvalue weighted by Crippen LogP contribution is 2.15. The lowest BCUT2D eigenvalue weighted by atomic mass is 10.1. The molecule has 0 spiro atoms. The number of carbonyl (C=O) groups is 1. The molecule has 7 heteroatoms. The first kappa shape index (κ1) is 17.9. The highest BCUT2D eigenvalue weighted by atomic mass is 16.5. The number of nitrogens with one attached hydrogen (secondary N) is 1. The van der Waals surface area contributed by atoms with E-state index in [4.69, 9.17) is 4.74 Å². The summed E-state index contributed by atoms with van der Waals surface area (Å²) in [6.07, 6.45) is 2.96. The molecule has 2 aliphatic heterocycles. The van der Waals surface area contributed by atoms with Gasteiger partial charge in [-0.3, -0.25) is 0 Å². The summed E-state index contributed by atoms with van der Waals surface area (Å²) in [5, 5.41) is 3.12. The van der Waals surface area contributed by atoms with Gasteiger partial charge in [-0.2, -0.15) is 0 Å². The predicted octanol–water partition coefficient (Wildman–Crippen LogP) is 0.882.